The lowest BCUT2D eigenvalue weighted by Crippen LogP contribution is -2.42. The molecular weight excluding hydrogens is 405 g/mol. The number of hydrogen-bond acceptors (Lipinski definition) is 5. The Bertz CT molecular complexity index is 442. The van der Waals surface area contributed by atoms with E-state index in [9.17, 15) is 9.69 Å². The maximum absolute atomic E-state index is 11.0. The fraction of sp³-hybridized carbons (Fsp3) is 0.955. The van der Waals surface area contributed by atoms with Gasteiger partial charge in [0.2, 0.25) is 0 Å². The second-order valence-corrected chi connectivity index (χ2v) is 10.6. The first kappa shape index (κ1) is 29.7. The third kappa shape index (κ3) is 19.7. The molecule has 0 saturated heterocycles. The van der Waals surface area contributed by atoms with Crippen molar-refractivity contribution in [1.82, 2.24) is 0 Å². The zero-order chi connectivity index (χ0) is 23.0. The zero-order valence-electron chi connectivity index (χ0n) is 20.2. The predicted molar refractivity (Wildman–Crippen MR) is 122 cm³/mol. The van der Waals surface area contributed by atoms with Gasteiger partial charge in [-0.25, -0.2) is 0 Å². The molecule has 7 nitrogen and oxygen atoms in total. The maximum atomic E-state index is 11.0. The number of unbranched alkanes of at least 4 members (excludes halogenated alkanes) is 6. The molecule has 0 radical (unpaired) electrons. The molecule has 0 aromatic rings. The van der Waals surface area contributed by atoms with Crippen LogP contribution in [-0.2, 0) is 18.6 Å². The van der Waals surface area contributed by atoms with E-state index in [1.54, 1.807) is 0 Å². The number of ether oxygens (including phenoxy) is 1. The first-order chi connectivity index (χ1) is 13.9. The van der Waals surface area contributed by atoms with Crippen LogP contribution in [0.5, 0.6) is 0 Å². The molecule has 0 amide bonds. The predicted octanol–water partition coefficient (Wildman–Crippen LogP) is 5.11. The number of aliphatic carboxylic acids is 1. The van der Waals surface area contributed by atoms with Crippen molar-refractivity contribution in [2.24, 2.45) is 0 Å². The highest BCUT2D eigenvalue weighted by Crippen LogP contribution is 2.36. The molecule has 0 heterocycles. The first-order valence-electron chi connectivity index (χ1n) is 11.4. The molecule has 0 spiro atoms. The number of carboxylic acid groups (broad SMARTS) is 1. The molecule has 1 unspecified atom stereocenters. The third-order valence-corrected chi connectivity index (χ3v) is 5.61. The van der Waals surface area contributed by atoms with Gasteiger partial charge in [-0.05, 0) is 33.1 Å². The standard InChI is InChI=1S/C22H46NO6P/c1-7-15-22(2,3)27-16-13-11-9-8-10-12-14-17-28-30(26)29-20(18-21(24)25)19-23(4,5)6/h20,26H,7-19H2,1-6H3/p+1/t20-,30?/m1/s1. The molecule has 30 heavy (non-hydrogen) atoms. The lowest BCUT2D eigenvalue weighted by molar-refractivity contribution is -0.873. The molecule has 0 saturated carbocycles. The maximum Gasteiger partial charge on any atom is 0.330 e. The van der Waals surface area contributed by atoms with E-state index < -0.39 is 20.7 Å². The fourth-order valence-electron chi connectivity index (χ4n) is 3.35. The van der Waals surface area contributed by atoms with E-state index in [0.29, 0.717) is 17.6 Å². The summed E-state index contributed by atoms with van der Waals surface area (Å²) in [6.45, 7) is 8.30. The van der Waals surface area contributed by atoms with Crippen LogP contribution in [0.4, 0.5) is 0 Å². The van der Waals surface area contributed by atoms with Crippen LogP contribution in [0.25, 0.3) is 0 Å². The Morgan fingerprint density at radius 2 is 1.53 bits per heavy atom. The van der Waals surface area contributed by atoms with Crippen molar-refractivity contribution < 1.29 is 33.1 Å². The van der Waals surface area contributed by atoms with Crippen molar-refractivity contribution in [3.8, 4) is 0 Å². The van der Waals surface area contributed by atoms with Crippen LogP contribution >= 0.6 is 8.60 Å². The number of nitrogens with zero attached hydrogens (tertiary/aromatic N) is 1. The minimum atomic E-state index is -2.04. The molecule has 180 valence electrons. The van der Waals surface area contributed by atoms with Gasteiger partial charge in [-0.15, -0.1) is 0 Å². The smallest absolute Gasteiger partial charge is 0.330 e. The van der Waals surface area contributed by atoms with Gasteiger partial charge in [0.25, 0.3) is 0 Å². The monoisotopic (exact) mass is 452 g/mol. The van der Waals surface area contributed by atoms with Gasteiger partial charge >= 0.3 is 14.6 Å². The van der Waals surface area contributed by atoms with Gasteiger partial charge in [0.1, 0.15) is 12.6 Å². The largest absolute Gasteiger partial charge is 0.481 e. The summed E-state index contributed by atoms with van der Waals surface area (Å²) < 4.78 is 17.3. The molecular formula is C22H47NO6P+. The first-order valence-corrected chi connectivity index (χ1v) is 12.5. The lowest BCUT2D eigenvalue weighted by Gasteiger charge is -2.29. The lowest BCUT2D eigenvalue weighted by atomic mass is 10.0. The molecule has 0 aliphatic heterocycles. The molecule has 0 aromatic heterocycles. The number of carboxylic acids is 1. The highest BCUT2D eigenvalue weighted by atomic mass is 31.2. The summed E-state index contributed by atoms with van der Waals surface area (Å²) in [4.78, 5) is 20.9. The average Bonchev–Trinajstić information content (AvgIpc) is 2.57. The quantitative estimate of drug-likeness (QED) is 0.152. The number of carbonyl (C=O) groups is 1. The topological polar surface area (TPSA) is 85.2 Å². The summed E-state index contributed by atoms with van der Waals surface area (Å²) in [6, 6.07) is 0. The molecule has 0 aliphatic carbocycles. The Labute approximate surface area is 185 Å². The minimum Gasteiger partial charge on any atom is -0.481 e. The summed E-state index contributed by atoms with van der Waals surface area (Å²) in [7, 11) is 3.83. The Balaban J connectivity index is 3.70. The van der Waals surface area contributed by atoms with Gasteiger partial charge < -0.3 is 28.3 Å². The van der Waals surface area contributed by atoms with Gasteiger partial charge in [-0.1, -0.05) is 45.4 Å². The average molecular weight is 453 g/mol. The molecule has 2 N–H and O–H groups in total. The Morgan fingerprint density at radius 3 is 2.03 bits per heavy atom. The zero-order valence-corrected chi connectivity index (χ0v) is 21.1. The van der Waals surface area contributed by atoms with E-state index in [-0.39, 0.29) is 12.0 Å². The van der Waals surface area contributed by atoms with Crippen molar-refractivity contribution in [3.63, 3.8) is 0 Å². The van der Waals surface area contributed by atoms with Crippen molar-refractivity contribution in [1.29, 1.82) is 0 Å². The van der Waals surface area contributed by atoms with Crippen molar-refractivity contribution in [3.05, 3.63) is 0 Å². The second-order valence-electron chi connectivity index (χ2n) is 9.70. The molecule has 0 fully saturated rings. The van der Waals surface area contributed by atoms with Gasteiger partial charge in [0, 0.05) is 6.61 Å². The van der Waals surface area contributed by atoms with Crippen molar-refractivity contribution in [2.45, 2.75) is 96.7 Å². The molecule has 2 atom stereocenters. The summed E-state index contributed by atoms with van der Waals surface area (Å²) in [6.07, 6.45) is 9.37. The fourth-order valence-corrected chi connectivity index (χ4v) is 4.09. The van der Waals surface area contributed by atoms with Gasteiger partial charge in [-0.2, -0.15) is 0 Å². The summed E-state index contributed by atoms with van der Waals surface area (Å²) in [5.74, 6) is -0.937. The molecule has 0 rings (SSSR count). The van der Waals surface area contributed by atoms with E-state index in [0.717, 1.165) is 45.1 Å². The minimum absolute atomic E-state index is 0.00406. The van der Waals surface area contributed by atoms with Gasteiger partial charge in [0.15, 0.2) is 0 Å². The Hall–Kier alpha value is -0.300. The van der Waals surface area contributed by atoms with E-state index in [2.05, 4.69) is 20.8 Å². The normalized spacial score (nSPS) is 14.6. The molecule has 0 bridgehead atoms. The summed E-state index contributed by atoms with van der Waals surface area (Å²) >= 11 is 0. The summed E-state index contributed by atoms with van der Waals surface area (Å²) in [5.41, 5.74) is 0.00406. The Kier molecular flexibility index (Phi) is 16.2. The number of rotatable bonds is 20. The summed E-state index contributed by atoms with van der Waals surface area (Å²) in [5, 5.41) is 9.01. The van der Waals surface area contributed by atoms with Gasteiger partial charge in [0.05, 0.1) is 39.8 Å². The van der Waals surface area contributed by atoms with Crippen LogP contribution in [0.2, 0.25) is 0 Å². The van der Waals surface area contributed by atoms with E-state index in [1.807, 2.05) is 21.1 Å². The van der Waals surface area contributed by atoms with Crippen LogP contribution in [0.3, 0.4) is 0 Å². The van der Waals surface area contributed by atoms with Gasteiger partial charge in [-0.3, -0.25) is 4.79 Å². The van der Waals surface area contributed by atoms with Crippen LogP contribution in [-0.4, -0.2) is 73.1 Å². The van der Waals surface area contributed by atoms with E-state index in [4.69, 9.17) is 18.9 Å². The van der Waals surface area contributed by atoms with E-state index in [1.165, 1.54) is 19.3 Å². The highest BCUT2D eigenvalue weighted by Gasteiger charge is 2.25. The highest BCUT2D eigenvalue weighted by molar-refractivity contribution is 7.40. The number of likely N-dealkylation sites (N-methyl/N-ethyl adjacent to an activating group) is 1. The SMILES string of the molecule is CCCC(C)(C)OCCCCCCCCCOP(O)O[C@H](CC(=O)O)C[N+](C)(C)C. The number of hydrogen-bond donors (Lipinski definition) is 2. The van der Waals surface area contributed by atoms with Crippen LogP contribution in [0.15, 0.2) is 0 Å². The second kappa shape index (κ2) is 16.3. The molecule has 8 heteroatoms. The molecule has 0 aliphatic rings. The van der Waals surface area contributed by atoms with Crippen LogP contribution in [0, 0.1) is 0 Å². The van der Waals surface area contributed by atoms with Crippen LogP contribution in [0.1, 0.15) is 85.0 Å². The van der Waals surface area contributed by atoms with Crippen molar-refractivity contribution >= 4 is 14.6 Å². The van der Waals surface area contributed by atoms with Crippen LogP contribution < -0.4 is 0 Å². The Morgan fingerprint density at radius 1 is 1.00 bits per heavy atom. The van der Waals surface area contributed by atoms with Crippen molar-refractivity contribution in [2.75, 3.05) is 40.9 Å². The number of quaternary nitrogens is 1. The van der Waals surface area contributed by atoms with E-state index >= 15 is 0 Å². The third-order valence-electron chi connectivity index (χ3n) is 4.73. The molecule has 0 aromatic carbocycles.